The Balaban J connectivity index is 5.45. The minimum absolute atomic E-state index is 0.0494. The SMILES string of the molecule is CC(C)CC(N)C(=O)NC(CC(=O)O)C(=O)NC(C(=O)NC(CC(N)=O)C(=O)O)C(C)O. The topological polar surface area (TPSA) is 251 Å². The van der Waals surface area contributed by atoms with Crippen LogP contribution in [0.25, 0.3) is 0 Å². The van der Waals surface area contributed by atoms with E-state index in [1.54, 1.807) is 0 Å². The fraction of sp³-hybridized carbons (Fsp3) is 0.667. The van der Waals surface area contributed by atoms with Crippen LogP contribution in [0, 0.1) is 5.92 Å². The largest absolute Gasteiger partial charge is 0.481 e. The summed E-state index contributed by atoms with van der Waals surface area (Å²) in [6.45, 7) is 4.73. The summed E-state index contributed by atoms with van der Waals surface area (Å²) in [4.78, 5) is 70.4. The lowest BCUT2D eigenvalue weighted by atomic mass is 10.0. The number of hydrogen-bond acceptors (Lipinski definition) is 8. The number of aliphatic hydroxyl groups is 1. The number of hydrogen-bond donors (Lipinski definition) is 8. The number of aliphatic carboxylic acids is 2. The second kappa shape index (κ2) is 13.2. The molecule has 0 aliphatic heterocycles. The quantitative estimate of drug-likeness (QED) is 0.127. The molecular weight excluding hydrogens is 430 g/mol. The van der Waals surface area contributed by atoms with Crippen molar-refractivity contribution in [3.05, 3.63) is 0 Å². The van der Waals surface area contributed by atoms with E-state index in [-0.39, 0.29) is 12.3 Å². The van der Waals surface area contributed by atoms with Crippen molar-refractivity contribution in [2.45, 2.75) is 70.3 Å². The minimum Gasteiger partial charge on any atom is -0.481 e. The molecule has 10 N–H and O–H groups in total. The van der Waals surface area contributed by atoms with Gasteiger partial charge >= 0.3 is 11.9 Å². The van der Waals surface area contributed by atoms with Crippen LogP contribution in [0.1, 0.15) is 40.0 Å². The molecule has 0 bridgehead atoms. The Morgan fingerprint density at radius 2 is 1.34 bits per heavy atom. The van der Waals surface area contributed by atoms with Crippen molar-refractivity contribution in [1.82, 2.24) is 16.0 Å². The number of amides is 4. The fourth-order valence-electron chi connectivity index (χ4n) is 2.60. The van der Waals surface area contributed by atoms with Crippen molar-refractivity contribution in [3.63, 3.8) is 0 Å². The lowest BCUT2D eigenvalue weighted by Gasteiger charge is -2.26. The third-order valence-electron chi connectivity index (χ3n) is 4.16. The number of nitrogens with one attached hydrogen (secondary N) is 3. The van der Waals surface area contributed by atoms with E-state index in [2.05, 4.69) is 10.6 Å². The number of carboxylic acids is 2. The molecule has 0 heterocycles. The van der Waals surface area contributed by atoms with E-state index in [1.807, 2.05) is 19.2 Å². The van der Waals surface area contributed by atoms with Crippen LogP contribution in [0.3, 0.4) is 0 Å². The Morgan fingerprint density at radius 1 is 0.812 bits per heavy atom. The molecular formula is C18H31N5O9. The predicted molar refractivity (Wildman–Crippen MR) is 109 cm³/mol. The van der Waals surface area contributed by atoms with E-state index in [9.17, 15) is 33.9 Å². The molecule has 32 heavy (non-hydrogen) atoms. The molecule has 4 amide bonds. The van der Waals surface area contributed by atoms with Gasteiger partial charge in [-0.3, -0.25) is 24.0 Å². The summed E-state index contributed by atoms with van der Waals surface area (Å²) in [5.74, 6) is -7.06. The van der Waals surface area contributed by atoms with Crippen LogP contribution in [0.5, 0.6) is 0 Å². The third kappa shape index (κ3) is 10.7. The highest BCUT2D eigenvalue weighted by Crippen LogP contribution is 2.05. The summed E-state index contributed by atoms with van der Waals surface area (Å²) < 4.78 is 0. The Bertz CT molecular complexity index is 726. The van der Waals surface area contributed by atoms with Gasteiger partial charge in [0.25, 0.3) is 0 Å². The molecule has 0 radical (unpaired) electrons. The highest BCUT2D eigenvalue weighted by Gasteiger charge is 2.34. The summed E-state index contributed by atoms with van der Waals surface area (Å²) in [7, 11) is 0. The van der Waals surface area contributed by atoms with Gasteiger partial charge in [0, 0.05) is 0 Å². The minimum atomic E-state index is -1.73. The van der Waals surface area contributed by atoms with Crippen LogP contribution in [-0.2, 0) is 28.8 Å². The first-order valence-corrected chi connectivity index (χ1v) is 9.73. The van der Waals surface area contributed by atoms with Gasteiger partial charge in [0.05, 0.1) is 25.0 Å². The molecule has 14 heteroatoms. The van der Waals surface area contributed by atoms with Gasteiger partial charge in [0.1, 0.15) is 18.1 Å². The van der Waals surface area contributed by atoms with E-state index in [4.69, 9.17) is 21.7 Å². The van der Waals surface area contributed by atoms with Crippen molar-refractivity contribution in [1.29, 1.82) is 0 Å². The predicted octanol–water partition coefficient (Wildman–Crippen LogP) is -3.37. The molecule has 0 aliphatic rings. The summed E-state index contributed by atoms with van der Waals surface area (Å²) >= 11 is 0. The molecule has 14 nitrogen and oxygen atoms in total. The average molecular weight is 461 g/mol. The second-order valence-corrected chi connectivity index (χ2v) is 7.69. The van der Waals surface area contributed by atoms with Gasteiger partial charge in [0.15, 0.2) is 0 Å². The van der Waals surface area contributed by atoms with Crippen molar-refractivity contribution in [2.24, 2.45) is 17.4 Å². The van der Waals surface area contributed by atoms with E-state index in [1.165, 1.54) is 0 Å². The maximum absolute atomic E-state index is 12.6. The molecule has 0 fully saturated rings. The molecule has 0 saturated heterocycles. The monoisotopic (exact) mass is 461 g/mol. The van der Waals surface area contributed by atoms with Gasteiger partial charge in [-0.1, -0.05) is 13.8 Å². The molecule has 0 saturated carbocycles. The Morgan fingerprint density at radius 3 is 1.75 bits per heavy atom. The summed E-state index contributed by atoms with van der Waals surface area (Å²) in [5.41, 5.74) is 10.7. The zero-order chi connectivity index (χ0) is 25.2. The Hall–Kier alpha value is -3.26. The smallest absolute Gasteiger partial charge is 0.326 e. The summed E-state index contributed by atoms with van der Waals surface area (Å²) in [5, 5.41) is 34.2. The lowest BCUT2D eigenvalue weighted by Crippen LogP contribution is -2.60. The van der Waals surface area contributed by atoms with Gasteiger partial charge in [-0.25, -0.2) is 4.79 Å². The molecule has 0 rings (SSSR count). The molecule has 0 aromatic rings. The van der Waals surface area contributed by atoms with Gasteiger partial charge in [-0.05, 0) is 19.3 Å². The van der Waals surface area contributed by atoms with Crippen LogP contribution >= 0.6 is 0 Å². The maximum atomic E-state index is 12.6. The average Bonchev–Trinajstić information content (AvgIpc) is 2.62. The van der Waals surface area contributed by atoms with Crippen molar-refractivity contribution < 1.29 is 44.1 Å². The summed E-state index contributed by atoms with van der Waals surface area (Å²) in [6.07, 6.45) is -2.87. The number of carbonyl (C=O) groups is 6. The normalized spacial score (nSPS) is 15.6. The van der Waals surface area contributed by atoms with Crippen LogP contribution < -0.4 is 27.4 Å². The van der Waals surface area contributed by atoms with Crippen molar-refractivity contribution in [3.8, 4) is 0 Å². The zero-order valence-corrected chi connectivity index (χ0v) is 18.0. The van der Waals surface area contributed by atoms with E-state index in [0.29, 0.717) is 0 Å². The number of carboxylic acid groups (broad SMARTS) is 2. The second-order valence-electron chi connectivity index (χ2n) is 7.69. The molecule has 5 atom stereocenters. The molecule has 0 aliphatic carbocycles. The first kappa shape index (κ1) is 28.7. The van der Waals surface area contributed by atoms with E-state index in [0.717, 1.165) is 6.92 Å². The molecule has 0 aromatic carbocycles. The molecule has 182 valence electrons. The fourth-order valence-corrected chi connectivity index (χ4v) is 2.60. The van der Waals surface area contributed by atoms with Gasteiger partial charge in [0.2, 0.25) is 23.6 Å². The van der Waals surface area contributed by atoms with Gasteiger partial charge in [-0.15, -0.1) is 0 Å². The molecule has 0 aromatic heterocycles. The van der Waals surface area contributed by atoms with Crippen molar-refractivity contribution >= 4 is 35.6 Å². The standard InChI is InChI=1S/C18H31N5O9/c1-7(2)4-9(19)15(28)21-10(6-13(26)27)16(29)23-14(8(3)24)17(30)22-11(18(31)32)5-12(20)25/h7-11,14,24H,4-6,19H2,1-3H3,(H2,20,25)(H,21,28)(H,22,30)(H,23,29)(H,26,27)(H,31,32). The van der Waals surface area contributed by atoms with E-state index < -0.39 is 78.7 Å². The van der Waals surface area contributed by atoms with Crippen LogP contribution in [-0.4, -0.2) is 81.2 Å². The number of primary amides is 1. The lowest BCUT2D eigenvalue weighted by molar-refractivity contribution is -0.145. The first-order valence-electron chi connectivity index (χ1n) is 9.73. The van der Waals surface area contributed by atoms with Crippen molar-refractivity contribution in [2.75, 3.05) is 0 Å². The molecule has 5 unspecified atom stereocenters. The third-order valence-corrected chi connectivity index (χ3v) is 4.16. The van der Waals surface area contributed by atoms with Crippen LogP contribution in [0.4, 0.5) is 0 Å². The number of aliphatic hydroxyl groups excluding tert-OH is 1. The molecule has 0 spiro atoms. The Kier molecular flexibility index (Phi) is 11.9. The number of carbonyl (C=O) groups excluding carboxylic acids is 4. The highest BCUT2D eigenvalue weighted by atomic mass is 16.4. The van der Waals surface area contributed by atoms with Crippen LogP contribution in [0.2, 0.25) is 0 Å². The number of rotatable bonds is 14. The number of nitrogens with two attached hydrogens (primary N) is 2. The van der Waals surface area contributed by atoms with Crippen LogP contribution in [0.15, 0.2) is 0 Å². The maximum Gasteiger partial charge on any atom is 0.326 e. The zero-order valence-electron chi connectivity index (χ0n) is 18.0. The van der Waals surface area contributed by atoms with Gasteiger partial charge in [-0.2, -0.15) is 0 Å². The van der Waals surface area contributed by atoms with E-state index >= 15 is 0 Å². The van der Waals surface area contributed by atoms with Gasteiger partial charge < -0.3 is 42.7 Å². The summed E-state index contributed by atoms with van der Waals surface area (Å²) in [6, 6.07) is -6.09. The first-order chi connectivity index (χ1) is 14.6. The highest BCUT2D eigenvalue weighted by molar-refractivity contribution is 5.96. The Labute approximate surface area is 184 Å².